The molecule has 0 saturated carbocycles. The van der Waals surface area contributed by atoms with Crippen molar-refractivity contribution in [2.45, 2.75) is 24.0 Å². The zero-order chi connectivity index (χ0) is 17.2. The molecule has 0 radical (unpaired) electrons. The summed E-state index contributed by atoms with van der Waals surface area (Å²) in [6.45, 7) is 3.56. The number of thiophene rings is 1. The molecule has 1 aliphatic rings. The lowest BCUT2D eigenvalue weighted by Gasteiger charge is -2.31. The van der Waals surface area contributed by atoms with E-state index < -0.39 is 10.0 Å². The Kier molecular flexibility index (Phi) is 5.07. The molecule has 1 amide bonds. The summed E-state index contributed by atoms with van der Waals surface area (Å²) >= 11 is 1.27. The van der Waals surface area contributed by atoms with Gasteiger partial charge in [0.2, 0.25) is 10.0 Å². The van der Waals surface area contributed by atoms with Crippen LogP contribution in [0.1, 0.15) is 28.1 Å². The van der Waals surface area contributed by atoms with Crippen molar-refractivity contribution in [1.82, 2.24) is 9.62 Å². The van der Waals surface area contributed by atoms with Crippen LogP contribution in [0.5, 0.6) is 0 Å². The van der Waals surface area contributed by atoms with E-state index in [1.807, 2.05) is 6.92 Å². The van der Waals surface area contributed by atoms with Crippen LogP contribution >= 0.6 is 11.3 Å². The van der Waals surface area contributed by atoms with Crippen molar-refractivity contribution in [2.24, 2.45) is 5.92 Å². The Bertz CT molecular complexity index is 788. The summed E-state index contributed by atoms with van der Waals surface area (Å²) in [5, 5.41) is 0. The molecule has 24 heavy (non-hydrogen) atoms. The van der Waals surface area contributed by atoms with E-state index in [4.69, 9.17) is 4.42 Å². The van der Waals surface area contributed by atoms with Crippen molar-refractivity contribution in [1.29, 1.82) is 0 Å². The molecule has 1 N–H and O–H groups in total. The van der Waals surface area contributed by atoms with Gasteiger partial charge in [0.05, 0.1) is 11.8 Å². The first-order chi connectivity index (χ1) is 11.5. The van der Waals surface area contributed by atoms with Crippen LogP contribution in [0.25, 0.3) is 0 Å². The van der Waals surface area contributed by atoms with Crippen molar-refractivity contribution in [3.8, 4) is 0 Å². The van der Waals surface area contributed by atoms with Gasteiger partial charge in [0.25, 0.3) is 5.91 Å². The predicted octanol–water partition coefficient (Wildman–Crippen LogP) is 2.48. The van der Waals surface area contributed by atoms with Crippen LogP contribution in [-0.4, -0.2) is 38.9 Å². The van der Waals surface area contributed by atoms with E-state index >= 15 is 0 Å². The summed E-state index contributed by atoms with van der Waals surface area (Å²) in [5.41, 5.74) is 0.558. The Labute approximate surface area is 145 Å². The van der Waals surface area contributed by atoms with Gasteiger partial charge in [-0.1, -0.05) is 0 Å². The van der Waals surface area contributed by atoms with Crippen LogP contribution in [0.2, 0.25) is 0 Å². The number of sulfonamides is 1. The molecule has 0 atom stereocenters. The molecule has 0 bridgehead atoms. The Balaban J connectivity index is 1.50. The number of aryl methyl sites for hydroxylation is 1. The average molecular weight is 368 g/mol. The molecule has 1 fully saturated rings. The first-order valence-electron chi connectivity index (χ1n) is 7.83. The number of carbonyl (C=O) groups is 1. The molecule has 1 saturated heterocycles. The number of furan rings is 1. The molecule has 2 aromatic rings. The number of hydrogen-bond donors (Lipinski definition) is 1. The van der Waals surface area contributed by atoms with Crippen molar-refractivity contribution in [3.05, 3.63) is 41.2 Å². The van der Waals surface area contributed by atoms with Crippen molar-refractivity contribution < 1.29 is 17.6 Å². The van der Waals surface area contributed by atoms with Crippen LogP contribution in [-0.2, 0) is 10.0 Å². The van der Waals surface area contributed by atoms with Gasteiger partial charge in [0, 0.05) is 24.5 Å². The maximum Gasteiger partial charge on any atom is 0.257 e. The molecule has 0 aliphatic carbocycles. The number of carbonyl (C=O) groups excluding carboxylic acids is 1. The highest BCUT2D eigenvalue weighted by molar-refractivity contribution is 7.91. The fraction of sp³-hybridized carbons (Fsp3) is 0.438. The van der Waals surface area contributed by atoms with Crippen LogP contribution in [0.4, 0.5) is 0 Å². The van der Waals surface area contributed by atoms with Crippen molar-refractivity contribution in [2.75, 3.05) is 19.6 Å². The van der Waals surface area contributed by atoms with Gasteiger partial charge < -0.3 is 9.32 Å². The highest BCUT2D eigenvalue weighted by Crippen LogP contribution is 2.22. The van der Waals surface area contributed by atoms with Gasteiger partial charge in [-0.15, -0.1) is 11.3 Å². The zero-order valence-corrected chi connectivity index (χ0v) is 15.0. The van der Waals surface area contributed by atoms with Crippen molar-refractivity contribution in [3.63, 3.8) is 0 Å². The highest BCUT2D eigenvalue weighted by atomic mass is 32.2. The quantitative estimate of drug-likeness (QED) is 0.879. The molecule has 0 aromatic carbocycles. The first kappa shape index (κ1) is 17.2. The largest absolute Gasteiger partial charge is 0.472 e. The molecule has 0 spiro atoms. The van der Waals surface area contributed by atoms with E-state index in [-0.39, 0.29) is 11.8 Å². The third kappa shape index (κ3) is 3.88. The highest BCUT2D eigenvalue weighted by Gasteiger charge is 2.25. The molecule has 2 aromatic heterocycles. The second-order valence-electron chi connectivity index (χ2n) is 5.96. The molecular weight excluding hydrogens is 348 g/mol. The number of likely N-dealkylation sites (tertiary alicyclic amines) is 1. The minimum Gasteiger partial charge on any atom is -0.472 e. The van der Waals surface area contributed by atoms with Gasteiger partial charge in [0.15, 0.2) is 0 Å². The predicted molar refractivity (Wildman–Crippen MR) is 91.6 cm³/mol. The Morgan fingerprint density at radius 1 is 1.33 bits per heavy atom. The van der Waals surface area contributed by atoms with Crippen molar-refractivity contribution >= 4 is 27.3 Å². The van der Waals surface area contributed by atoms with Gasteiger partial charge in [-0.05, 0) is 43.9 Å². The standard InChI is InChI=1S/C16H20N2O4S2/c1-12-2-3-15(23-12)24(20,21)17-10-13-4-7-18(8-5-13)16(19)14-6-9-22-11-14/h2-3,6,9,11,13,17H,4-5,7-8,10H2,1H3. The van der Waals surface area contributed by atoms with Crippen LogP contribution in [0, 0.1) is 12.8 Å². The lowest BCUT2D eigenvalue weighted by Crippen LogP contribution is -2.41. The van der Waals surface area contributed by atoms with E-state index in [9.17, 15) is 13.2 Å². The van der Waals surface area contributed by atoms with Gasteiger partial charge >= 0.3 is 0 Å². The lowest BCUT2D eigenvalue weighted by atomic mass is 9.97. The molecular formula is C16H20N2O4S2. The molecule has 6 nitrogen and oxygen atoms in total. The van der Waals surface area contributed by atoms with Crippen LogP contribution in [0.15, 0.2) is 39.4 Å². The zero-order valence-electron chi connectivity index (χ0n) is 13.4. The summed E-state index contributed by atoms with van der Waals surface area (Å²) in [5.74, 6) is 0.214. The SMILES string of the molecule is Cc1ccc(S(=O)(=O)NCC2CCN(C(=O)c3ccoc3)CC2)s1. The molecule has 130 valence electrons. The fourth-order valence-corrected chi connectivity index (χ4v) is 5.21. The third-order valence-electron chi connectivity index (χ3n) is 4.21. The summed E-state index contributed by atoms with van der Waals surface area (Å²) in [7, 11) is -3.43. The molecule has 1 aliphatic heterocycles. The normalized spacial score (nSPS) is 16.5. The number of hydrogen-bond acceptors (Lipinski definition) is 5. The lowest BCUT2D eigenvalue weighted by molar-refractivity contribution is 0.0691. The van der Waals surface area contributed by atoms with E-state index in [1.165, 1.54) is 23.9 Å². The van der Waals surface area contributed by atoms with E-state index in [0.29, 0.717) is 29.4 Å². The fourth-order valence-electron chi connectivity index (χ4n) is 2.76. The number of rotatable bonds is 5. The van der Waals surface area contributed by atoms with Crippen LogP contribution in [0.3, 0.4) is 0 Å². The number of piperidine rings is 1. The van der Waals surface area contributed by atoms with Gasteiger partial charge in [-0.2, -0.15) is 0 Å². The Hall–Kier alpha value is -1.64. The molecule has 0 unspecified atom stereocenters. The summed E-state index contributed by atoms with van der Waals surface area (Å²) in [6.07, 6.45) is 4.51. The number of amides is 1. The van der Waals surface area contributed by atoms with E-state index in [1.54, 1.807) is 23.1 Å². The molecule has 3 rings (SSSR count). The smallest absolute Gasteiger partial charge is 0.257 e. The van der Waals surface area contributed by atoms with E-state index in [0.717, 1.165) is 17.7 Å². The van der Waals surface area contributed by atoms with Gasteiger partial charge in [-0.3, -0.25) is 4.79 Å². The number of nitrogens with one attached hydrogen (secondary N) is 1. The molecule has 8 heteroatoms. The summed E-state index contributed by atoms with van der Waals surface area (Å²) in [4.78, 5) is 15.0. The number of nitrogens with zero attached hydrogens (tertiary/aromatic N) is 1. The molecule has 3 heterocycles. The van der Waals surface area contributed by atoms with Gasteiger partial charge in [-0.25, -0.2) is 13.1 Å². The Morgan fingerprint density at radius 3 is 2.67 bits per heavy atom. The van der Waals surface area contributed by atoms with Crippen LogP contribution < -0.4 is 4.72 Å². The topological polar surface area (TPSA) is 79.6 Å². The maximum absolute atomic E-state index is 12.2. The minimum absolute atomic E-state index is 0.0307. The second-order valence-corrected chi connectivity index (χ2v) is 9.25. The van der Waals surface area contributed by atoms with E-state index in [2.05, 4.69) is 4.72 Å². The minimum atomic E-state index is -3.43. The third-order valence-corrected chi connectivity index (χ3v) is 7.13. The average Bonchev–Trinajstić information content (AvgIpc) is 3.24. The summed E-state index contributed by atoms with van der Waals surface area (Å²) in [6, 6.07) is 5.10. The monoisotopic (exact) mass is 368 g/mol. The summed E-state index contributed by atoms with van der Waals surface area (Å²) < 4.78 is 32.5. The van der Waals surface area contributed by atoms with Gasteiger partial charge in [0.1, 0.15) is 10.5 Å². The maximum atomic E-state index is 12.2. The first-order valence-corrected chi connectivity index (χ1v) is 10.1. The second kappa shape index (κ2) is 7.08. The Morgan fingerprint density at radius 2 is 2.08 bits per heavy atom.